The highest BCUT2D eigenvalue weighted by Crippen LogP contribution is 2.62. The molecule has 21 heavy (non-hydrogen) atoms. The molecule has 2 N–H and O–H groups in total. The predicted molar refractivity (Wildman–Crippen MR) is 86.4 cm³/mol. The SMILES string of the molecule is CC1(C)C(NC(=O)C2(S(C)(=O)=O)CCNCC2)C1(C)C.Cl. The largest absolute Gasteiger partial charge is 0.351 e. The summed E-state index contributed by atoms with van der Waals surface area (Å²) in [6.07, 6.45) is 1.89. The smallest absolute Gasteiger partial charge is 0.241 e. The van der Waals surface area contributed by atoms with Crippen molar-refractivity contribution in [2.75, 3.05) is 19.3 Å². The Balaban J connectivity index is 0.00000220. The van der Waals surface area contributed by atoms with Gasteiger partial charge >= 0.3 is 0 Å². The molecule has 1 heterocycles. The van der Waals surface area contributed by atoms with Gasteiger partial charge in [0.15, 0.2) is 14.6 Å². The van der Waals surface area contributed by atoms with E-state index < -0.39 is 14.6 Å². The maximum Gasteiger partial charge on any atom is 0.241 e. The summed E-state index contributed by atoms with van der Waals surface area (Å²) in [6.45, 7) is 9.55. The lowest BCUT2D eigenvalue weighted by Gasteiger charge is -2.34. The van der Waals surface area contributed by atoms with Crippen molar-refractivity contribution in [1.82, 2.24) is 10.6 Å². The van der Waals surface area contributed by atoms with Gasteiger partial charge < -0.3 is 10.6 Å². The Hall–Kier alpha value is -0.330. The molecule has 0 radical (unpaired) electrons. The molecule has 0 unspecified atom stereocenters. The van der Waals surface area contributed by atoms with Crippen LogP contribution in [0.15, 0.2) is 0 Å². The molecule has 7 heteroatoms. The van der Waals surface area contributed by atoms with E-state index in [2.05, 4.69) is 38.3 Å². The van der Waals surface area contributed by atoms with Crippen LogP contribution in [0.3, 0.4) is 0 Å². The summed E-state index contributed by atoms with van der Waals surface area (Å²) in [5.41, 5.74) is 0.0164. The van der Waals surface area contributed by atoms with Crippen LogP contribution in [0.2, 0.25) is 0 Å². The number of sulfone groups is 1. The Morgan fingerprint density at radius 2 is 1.52 bits per heavy atom. The van der Waals surface area contributed by atoms with Crippen molar-refractivity contribution in [1.29, 1.82) is 0 Å². The number of carbonyl (C=O) groups excluding carboxylic acids is 1. The number of nitrogens with one attached hydrogen (secondary N) is 2. The summed E-state index contributed by atoms with van der Waals surface area (Å²) in [5.74, 6) is -0.315. The molecule has 2 rings (SSSR count). The molecular formula is C14H27ClN2O3S. The third-order valence-corrected chi connectivity index (χ3v) is 7.84. The van der Waals surface area contributed by atoms with Crippen molar-refractivity contribution in [2.45, 2.75) is 51.3 Å². The van der Waals surface area contributed by atoms with E-state index in [0.717, 1.165) is 0 Å². The highest BCUT2D eigenvalue weighted by Gasteiger charge is 2.66. The molecule has 1 aliphatic heterocycles. The fourth-order valence-corrected chi connectivity index (χ4v) is 4.76. The van der Waals surface area contributed by atoms with E-state index in [1.165, 1.54) is 6.26 Å². The molecule has 0 aromatic rings. The molecule has 0 aromatic carbocycles. The molecular weight excluding hydrogens is 312 g/mol. The van der Waals surface area contributed by atoms with Crippen LogP contribution in [0.5, 0.6) is 0 Å². The van der Waals surface area contributed by atoms with Gasteiger partial charge in [0.05, 0.1) is 0 Å². The molecule has 2 fully saturated rings. The monoisotopic (exact) mass is 338 g/mol. The third kappa shape index (κ3) is 2.70. The predicted octanol–water partition coefficient (Wildman–Crippen LogP) is 1.13. The van der Waals surface area contributed by atoms with E-state index in [1.807, 2.05) is 0 Å². The summed E-state index contributed by atoms with van der Waals surface area (Å²) in [7, 11) is -3.43. The molecule has 124 valence electrons. The van der Waals surface area contributed by atoms with Crippen molar-refractivity contribution < 1.29 is 13.2 Å². The fourth-order valence-electron chi connectivity index (χ4n) is 3.42. The zero-order valence-electron chi connectivity index (χ0n) is 13.4. The van der Waals surface area contributed by atoms with Gasteiger partial charge in [-0.25, -0.2) is 8.42 Å². The first-order valence-electron chi connectivity index (χ1n) is 7.18. The molecule has 5 nitrogen and oxygen atoms in total. The van der Waals surface area contributed by atoms with Gasteiger partial charge in [-0.05, 0) is 36.8 Å². The number of piperidine rings is 1. The van der Waals surface area contributed by atoms with Gasteiger partial charge in [0.25, 0.3) is 0 Å². The molecule has 1 amide bonds. The summed E-state index contributed by atoms with van der Waals surface area (Å²) >= 11 is 0. The van der Waals surface area contributed by atoms with Gasteiger partial charge in [0.2, 0.25) is 5.91 Å². The molecule has 1 aliphatic carbocycles. The highest BCUT2D eigenvalue weighted by molar-refractivity contribution is 7.92. The molecule has 1 saturated carbocycles. The van der Waals surface area contributed by atoms with Crippen molar-refractivity contribution in [2.24, 2.45) is 10.8 Å². The first-order chi connectivity index (χ1) is 8.97. The van der Waals surface area contributed by atoms with E-state index in [1.54, 1.807) is 0 Å². The molecule has 0 bridgehead atoms. The normalized spacial score (nSPS) is 26.5. The summed E-state index contributed by atoms with van der Waals surface area (Å²) < 4.78 is 23.1. The average Bonchev–Trinajstić information content (AvgIpc) is 2.71. The lowest BCUT2D eigenvalue weighted by atomic mass is 9.95. The van der Waals surface area contributed by atoms with Crippen LogP contribution in [-0.2, 0) is 14.6 Å². The summed E-state index contributed by atoms with van der Waals surface area (Å²) in [6, 6.07) is 0.0380. The maximum absolute atomic E-state index is 12.7. The number of amides is 1. The summed E-state index contributed by atoms with van der Waals surface area (Å²) in [5, 5.41) is 6.13. The Morgan fingerprint density at radius 3 is 1.86 bits per heavy atom. The van der Waals surface area contributed by atoms with Gasteiger partial charge in [-0.2, -0.15) is 0 Å². The average molecular weight is 339 g/mol. The Kier molecular flexibility index (Phi) is 4.80. The Morgan fingerprint density at radius 1 is 1.10 bits per heavy atom. The van der Waals surface area contributed by atoms with E-state index in [9.17, 15) is 13.2 Å². The van der Waals surface area contributed by atoms with Gasteiger partial charge in [0, 0.05) is 12.3 Å². The van der Waals surface area contributed by atoms with Gasteiger partial charge in [0.1, 0.15) is 0 Å². The van der Waals surface area contributed by atoms with Crippen LogP contribution in [0.4, 0.5) is 0 Å². The first kappa shape index (κ1) is 18.7. The topological polar surface area (TPSA) is 75.3 Å². The minimum absolute atomic E-state index is 0. The highest BCUT2D eigenvalue weighted by atomic mass is 35.5. The van der Waals surface area contributed by atoms with Crippen molar-refractivity contribution >= 4 is 28.2 Å². The lowest BCUT2D eigenvalue weighted by molar-refractivity contribution is -0.124. The van der Waals surface area contributed by atoms with E-state index >= 15 is 0 Å². The van der Waals surface area contributed by atoms with Crippen LogP contribution in [0, 0.1) is 10.8 Å². The van der Waals surface area contributed by atoms with Crippen LogP contribution in [-0.4, -0.2) is 44.5 Å². The zero-order chi connectivity index (χ0) is 15.4. The second-order valence-electron chi connectivity index (χ2n) is 7.37. The van der Waals surface area contributed by atoms with Crippen LogP contribution in [0.1, 0.15) is 40.5 Å². The second kappa shape index (κ2) is 5.39. The summed E-state index contributed by atoms with van der Waals surface area (Å²) in [4.78, 5) is 12.7. The fraction of sp³-hybridized carbons (Fsp3) is 0.929. The van der Waals surface area contributed by atoms with Crippen molar-refractivity contribution in [3.8, 4) is 0 Å². The van der Waals surface area contributed by atoms with Crippen molar-refractivity contribution in [3.63, 3.8) is 0 Å². The van der Waals surface area contributed by atoms with Gasteiger partial charge in [-0.3, -0.25) is 4.79 Å². The third-order valence-electron chi connectivity index (χ3n) is 5.83. The first-order valence-corrected chi connectivity index (χ1v) is 9.07. The van der Waals surface area contributed by atoms with Gasteiger partial charge in [-0.1, -0.05) is 27.7 Å². The molecule has 0 spiro atoms. The molecule has 1 saturated heterocycles. The minimum atomic E-state index is -3.43. The van der Waals surface area contributed by atoms with Crippen molar-refractivity contribution in [3.05, 3.63) is 0 Å². The number of halogens is 1. The van der Waals surface area contributed by atoms with E-state index in [4.69, 9.17) is 0 Å². The Labute approximate surface area is 134 Å². The molecule has 2 aliphatic rings. The number of hydrogen-bond acceptors (Lipinski definition) is 4. The Bertz CT molecular complexity index is 508. The standard InChI is InChI=1S/C14H26N2O3S.ClH/c1-12(2)10(13(12,3)4)16-11(17)14(20(5,18)19)6-8-15-9-7-14;/h10,15H,6-9H2,1-5H3,(H,16,17);1H. The van der Waals surface area contributed by atoms with Crippen LogP contribution >= 0.6 is 12.4 Å². The van der Waals surface area contributed by atoms with Crippen LogP contribution < -0.4 is 10.6 Å². The number of rotatable bonds is 3. The second-order valence-corrected chi connectivity index (χ2v) is 9.69. The van der Waals surface area contributed by atoms with Crippen LogP contribution in [0.25, 0.3) is 0 Å². The minimum Gasteiger partial charge on any atom is -0.351 e. The number of carbonyl (C=O) groups is 1. The maximum atomic E-state index is 12.7. The van der Waals surface area contributed by atoms with E-state index in [-0.39, 0.29) is 35.2 Å². The molecule has 0 atom stereocenters. The van der Waals surface area contributed by atoms with E-state index in [0.29, 0.717) is 25.9 Å². The quantitative estimate of drug-likeness (QED) is 0.808. The van der Waals surface area contributed by atoms with Gasteiger partial charge in [-0.15, -0.1) is 12.4 Å². The zero-order valence-corrected chi connectivity index (χ0v) is 15.1. The number of hydrogen-bond donors (Lipinski definition) is 2. The molecule has 0 aromatic heterocycles. The lowest BCUT2D eigenvalue weighted by Crippen LogP contribution is -2.58.